The summed E-state index contributed by atoms with van der Waals surface area (Å²) in [4.78, 5) is 13.2. The van der Waals surface area contributed by atoms with Crippen LogP contribution in [0.5, 0.6) is 0 Å². The van der Waals surface area contributed by atoms with E-state index in [1.165, 1.54) is 6.08 Å². The number of carbonyl (C=O) groups excluding carboxylic acids is 1. The number of hydrogen-bond acceptors (Lipinski definition) is 4. The number of carbonyl (C=O) groups is 1. The zero-order chi connectivity index (χ0) is 10.2. The fourth-order valence-corrected chi connectivity index (χ4v) is 1.75. The highest BCUT2D eigenvalue weighted by atomic mass is 16.7. The lowest BCUT2D eigenvalue weighted by Crippen LogP contribution is -2.49. The molecule has 0 radical (unpaired) electrons. The lowest BCUT2D eigenvalue weighted by Gasteiger charge is -2.42. The highest BCUT2D eigenvalue weighted by Gasteiger charge is 2.40. The van der Waals surface area contributed by atoms with Gasteiger partial charge in [-0.05, 0) is 12.2 Å². The van der Waals surface area contributed by atoms with Crippen molar-refractivity contribution in [2.24, 2.45) is 0 Å². The molecule has 14 heavy (non-hydrogen) atoms. The zero-order valence-corrected chi connectivity index (χ0v) is 8.32. The number of likely N-dealkylation sites (N-methyl/N-ethyl adjacent to an activating group) is 1. The SMILES string of the molecule is COC12C=CC(=O)C=C1N(C)CCO2. The predicted octanol–water partition coefficient (Wildman–Crippen LogP) is 0.314. The van der Waals surface area contributed by atoms with Gasteiger partial charge in [-0.25, -0.2) is 0 Å². The molecule has 1 heterocycles. The van der Waals surface area contributed by atoms with Gasteiger partial charge in [0, 0.05) is 26.8 Å². The first kappa shape index (κ1) is 9.43. The molecule has 0 aromatic heterocycles. The third kappa shape index (κ3) is 1.27. The van der Waals surface area contributed by atoms with Gasteiger partial charge in [-0.3, -0.25) is 4.79 Å². The normalized spacial score (nSPS) is 31.4. The van der Waals surface area contributed by atoms with Gasteiger partial charge in [0.15, 0.2) is 5.78 Å². The first-order chi connectivity index (χ1) is 6.68. The lowest BCUT2D eigenvalue weighted by molar-refractivity contribution is -0.193. The lowest BCUT2D eigenvalue weighted by atomic mass is 10.0. The van der Waals surface area contributed by atoms with Gasteiger partial charge in [0.05, 0.1) is 12.3 Å². The Balaban J connectivity index is 2.40. The summed E-state index contributed by atoms with van der Waals surface area (Å²) in [6.07, 6.45) is 4.70. The molecular weight excluding hydrogens is 182 g/mol. The molecule has 76 valence electrons. The monoisotopic (exact) mass is 195 g/mol. The van der Waals surface area contributed by atoms with E-state index in [2.05, 4.69) is 0 Å². The summed E-state index contributed by atoms with van der Waals surface area (Å²) < 4.78 is 10.9. The standard InChI is InChI=1S/C10H13NO3/c1-11-5-6-14-10(13-2)4-3-8(12)7-9(10)11/h3-4,7H,5-6H2,1-2H3. The zero-order valence-electron chi connectivity index (χ0n) is 8.32. The molecule has 2 rings (SSSR count). The van der Waals surface area contributed by atoms with Gasteiger partial charge in [0.1, 0.15) is 0 Å². The van der Waals surface area contributed by atoms with Crippen LogP contribution in [0.15, 0.2) is 23.9 Å². The average Bonchev–Trinajstić information content (AvgIpc) is 2.20. The molecule has 0 spiro atoms. The van der Waals surface area contributed by atoms with Crippen LogP contribution in [0.3, 0.4) is 0 Å². The maximum absolute atomic E-state index is 11.2. The maximum Gasteiger partial charge on any atom is 0.230 e. The molecule has 0 N–H and O–H groups in total. The van der Waals surface area contributed by atoms with Gasteiger partial charge in [-0.1, -0.05) is 0 Å². The predicted molar refractivity (Wildman–Crippen MR) is 50.6 cm³/mol. The van der Waals surface area contributed by atoms with Gasteiger partial charge < -0.3 is 14.4 Å². The summed E-state index contributed by atoms with van der Waals surface area (Å²) >= 11 is 0. The van der Waals surface area contributed by atoms with E-state index in [-0.39, 0.29) is 5.78 Å². The Morgan fingerprint density at radius 1 is 1.64 bits per heavy atom. The number of morpholine rings is 1. The van der Waals surface area contributed by atoms with Crippen LogP contribution < -0.4 is 0 Å². The molecule has 4 nitrogen and oxygen atoms in total. The second kappa shape index (κ2) is 3.22. The number of hydrogen-bond donors (Lipinski definition) is 0. The molecule has 0 aromatic rings. The highest BCUT2D eigenvalue weighted by Crippen LogP contribution is 2.32. The highest BCUT2D eigenvalue weighted by molar-refractivity contribution is 6.01. The van der Waals surface area contributed by atoms with E-state index in [4.69, 9.17) is 9.47 Å². The minimum absolute atomic E-state index is 0.0231. The van der Waals surface area contributed by atoms with Crippen molar-refractivity contribution in [3.63, 3.8) is 0 Å². The molecule has 1 aliphatic carbocycles. The Kier molecular flexibility index (Phi) is 2.17. The molecule has 0 aromatic carbocycles. The van der Waals surface area contributed by atoms with Crippen LogP contribution >= 0.6 is 0 Å². The molecule has 4 heteroatoms. The second-order valence-electron chi connectivity index (χ2n) is 3.41. The topological polar surface area (TPSA) is 38.8 Å². The van der Waals surface area contributed by atoms with Crippen LogP contribution in [0.4, 0.5) is 0 Å². The maximum atomic E-state index is 11.2. The number of nitrogens with zero attached hydrogens (tertiary/aromatic N) is 1. The van der Waals surface area contributed by atoms with Crippen LogP contribution in [-0.2, 0) is 14.3 Å². The molecule has 1 unspecified atom stereocenters. The Labute approximate surface area is 82.8 Å². The smallest absolute Gasteiger partial charge is 0.230 e. The van der Waals surface area contributed by atoms with Crippen molar-refractivity contribution in [2.45, 2.75) is 5.79 Å². The van der Waals surface area contributed by atoms with Gasteiger partial charge in [0.2, 0.25) is 5.79 Å². The third-order valence-electron chi connectivity index (χ3n) is 2.56. The van der Waals surface area contributed by atoms with Crippen molar-refractivity contribution in [1.29, 1.82) is 0 Å². The van der Waals surface area contributed by atoms with Crippen molar-refractivity contribution in [3.05, 3.63) is 23.9 Å². The van der Waals surface area contributed by atoms with Crippen molar-refractivity contribution < 1.29 is 14.3 Å². The molecule has 0 amide bonds. The molecule has 1 fully saturated rings. The van der Waals surface area contributed by atoms with Gasteiger partial charge in [0.25, 0.3) is 0 Å². The summed E-state index contributed by atoms with van der Waals surface area (Å²) in [5, 5.41) is 0. The van der Waals surface area contributed by atoms with Crippen LogP contribution in [0.2, 0.25) is 0 Å². The first-order valence-corrected chi connectivity index (χ1v) is 4.53. The fourth-order valence-electron chi connectivity index (χ4n) is 1.75. The largest absolute Gasteiger partial charge is 0.371 e. The molecule has 1 saturated heterocycles. The molecule has 1 aliphatic heterocycles. The average molecular weight is 195 g/mol. The van der Waals surface area contributed by atoms with Gasteiger partial charge >= 0.3 is 0 Å². The number of methoxy groups -OCH3 is 1. The van der Waals surface area contributed by atoms with Crippen molar-refractivity contribution in [3.8, 4) is 0 Å². The molecule has 0 saturated carbocycles. The minimum Gasteiger partial charge on any atom is -0.371 e. The minimum atomic E-state index is -0.846. The fraction of sp³-hybridized carbons (Fsp3) is 0.500. The van der Waals surface area contributed by atoms with E-state index < -0.39 is 5.79 Å². The molecular formula is C10H13NO3. The summed E-state index contributed by atoms with van der Waals surface area (Å²) in [6.45, 7) is 1.37. The summed E-state index contributed by atoms with van der Waals surface area (Å²) in [7, 11) is 3.50. The summed E-state index contributed by atoms with van der Waals surface area (Å²) in [5.74, 6) is -0.869. The third-order valence-corrected chi connectivity index (χ3v) is 2.56. The van der Waals surface area contributed by atoms with E-state index in [1.54, 1.807) is 19.3 Å². The number of allylic oxidation sites excluding steroid dienone is 2. The van der Waals surface area contributed by atoms with Gasteiger partial charge in [-0.15, -0.1) is 0 Å². The molecule has 0 bridgehead atoms. The van der Waals surface area contributed by atoms with Crippen molar-refractivity contribution in [2.75, 3.05) is 27.3 Å². The number of fused-ring (bicyclic) bond motifs is 1. The van der Waals surface area contributed by atoms with E-state index in [1.807, 2.05) is 11.9 Å². The number of ketones is 1. The molecule has 1 atom stereocenters. The molecule has 2 aliphatic rings. The van der Waals surface area contributed by atoms with Crippen LogP contribution in [0.25, 0.3) is 0 Å². The first-order valence-electron chi connectivity index (χ1n) is 4.53. The van der Waals surface area contributed by atoms with Gasteiger partial charge in [-0.2, -0.15) is 0 Å². The summed E-state index contributed by atoms with van der Waals surface area (Å²) in [6, 6.07) is 0. The Morgan fingerprint density at radius 2 is 2.43 bits per heavy atom. The van der Waals surface area contributed by atoms with E-state index >= 15 is 0 Å². The number of ether oxygens (including phenoxy) is 2. The van der Waals surface area contributed by atoms with E-state index in [9.17, 15) is 4.79 Å². The second-order valence-corrected chi connectivity index (χ2v) is 3.41. The van der Waals surface area contributed by atoms with Crippen molar-refractivity contribution >= 4 is 5.78 Å². The van der Waals surface area contributed by atoms with Crippen LogP contribution in [-0.4, -0.2) is 43.8 Å². The quantitative estimate of drug-likeness (QED) is 0.603. The van der Waals surface area contributed by atoms with Crippen LogP contribution in [0.1, 0.15) is 0 Å². The Morgan fingerprint density at radius 3 is 3.14 bits per heavy atom. The summed E-state index contributed by atoms with van der Waals surface area (Å²) in [5.41, 5.74) is 0.777. The van der Waals surface area contributed by atoms with E-state index in [0.29, 0.717) is 6.61 Å². The Hall–Kier alpha value is -1.13. The van der Waals surface area contributed by atoms with Crippen molar-refractivity contribution in [1.82, 2.24) is 4.90 Å². The number of rotatable bonds is 1. The van der Waals surface area contributed by atoms with E-state index in [0.717, 1.165) is 12.2 Å². The van der Waals surface area contributed by atoms with Crippen LogP contribution in [0, 0.1) is 0 Å². The Bertz CT molecular complexity index is 321.